The molecule has 0 nitrogen and oxygen atoms in total. The first kappa shape index (κ1) is 10.1. The molecule has 1 aliphatic heterocycles. The molecule has 0 aromatic rings. The predicted molar refractivity (Wildman–Crippen MR) is 43.6 cm³/mol. The van der Waals surface area contributed by atoms with E-state index < -0.39 is 13.2 Å². The minimum atomic E-state index is -0.622. The standard InChI is InChI=1S/C5H10.Al.Ca.ClH.2H/c1-3-5-4-2;;;;;/h1-5H2;;;1H;;/q;+1;;;;/p-1. The molecule has 3 heteroatoms. The summed E-state index contributed by atoms with van der Waals surface area (Å²) in [6.45, 7) is 0. The predicted octanol–water partition coefficient (Wildman–Crippen LogP) is 1.48. The normalized spacial score (nSPS) is 19.9. The van der Waals surface area contributed by atoms with Crippen LogP contribution in [-0.4, -0.2) is 51.0 Å². The summed E-state index contributed by atoms with van der Waals surface area (Å²) in [5.41, 5.74) is 0. The SMILES string of the molecule is [CaH2].[Cl][Al]1[CH2]CCC[CH2]1. The third-order valence-corrected chi connectivity index (χ3v) is 4.91. The first-order valence-electron chi connectivity index (χ1n) is 3.03. The third kappa shape index (κ3) is 3.99. The molecule has 0 bridgehead atoms. The van der Waals surface area contributed by atoms with Crippen molar-refractivity contribution >= 4 is 61.0 Å². The second-order valence-electron chi connectivity index (χ2n) is 2.24. The van der Waals surface area contributed by atoms with Gasteiger partial charge >= 0.3 is 51.0 Å². The average molecular weight is 175 g/mol. The number of hydrogen-bond acceptors (Lipinski definition) is 0. The molecule has 8 heavy (non-hydrogen) atoms. The third-order valence-electron chi connectivity index (χ3n) is 1.53. The summed E-state index contributed by atoms with van der Waals surface area (Å²) in [7, 11) is 5.96. The summed E-state index contributed by atoms with van der Waals surface area (Å²) in [5, 5.41) is 2.78. The molecular formula is C5H12AlCaCl. The van der Waals surface area contributed by atoms with Gasteiger partial charge in [0.25, 0.3) is 0 Å². The summed E-state index contributed by atoms with van der Waals surface area (Å²) in [5.74, 6) is 0. The van der Waals surface area contributed by atoms with Gasteiger partial charge in [0, 0.05) is 0 Å². The largest absolute Gasteiger partial charge is 0.399 e. The molecule has 0 amide bonds. The molecule has 0 N–H and O–H groups in total. The molecule has 44 valence electrons. The number of hydrogen-bond donors (Lipinski definition) is 0. The van der Waals surface area contributed by atoms with Crippen molar-refractivity contribution in [2.45, 2.75) is 29.8 Å². The van der Waals surface area contributed by atoms with Gasteiger partial charge in [0.05, 0.1) is 0 Å². The van der Waals surface area contributed by atoms with Gasteiger partial charge in [-0.05, 0) is 0 Å². The van der Waals surface area contributed by atoms with Gasteiger partial charge in [0.1, 0.15) is 0 Å². The van der Waals surface area contributed by atoms with Crippen molar-refractivity contribution < 1.29 is 0 Å². The molecule has 0 aromatic carbocycles. The Kier molecular flexibility index (Phi) is 7.36. The molecule has 1 rings (SSSR count). The average Bonchev–Trinajstić information content (AvgIpc) is 1.69. The summed E-state index contributed by atoms with van der Waals surface area (Å²) in [4.78, 5) is 0. The Balaban J connectivity index is 0.000000490. The minimum Gasteiger partial charge on any atom is -0.261 e. The van der Waals surface area contributed by atoms with E-state index in [-0.39, 0.29) is 37.7 Å². The Hall–Kier alpha value is 2.08. The van der Waals surface area contributed by atoms with Crippen LogP contribution < -0.4 is 0 Å². The van der Waals surface area contributed by atoms with Gasteiger partial charge < -0.3 is 0 Å². The molecule has 0 aromatic heterocycles. The summed E-state index contributed by atoms with van der Waals surface area (Å²) >= 11 is -0.622. The van der Waals surface area contributed by atoms with Crippen LogP contribution in [0.15, 0.2) is 0 Å². The van der Waals surface area contributed by atoms with Crippen LogP contribution in [-0.2, 0) is 0 Å². The Morgan fingerprint density at radius 3 is 1.75 bits per heavy atom. The van der Waals surface area contributed by atoms with Crippen molar-refractivity contribution in [1.82, 2.24) is 0 Å². The summed E-state index contributed by atoms with van der Waals surface area (Å²) in [6, 6.07) is 0. The monoisotopic (exact) mass is 174 g/mol. The van der Waals surface area contributed by atoms with E-state index in [1.165, 1.54) is 29.8 Å². The molecule has 0 unspecified atom stereocenters. The van der Waals surface area contributed by atoms with Crippen molar-refractivity contribution in [2.24, 2.45) is 0 Å². The smallest absolute Gasteiger partial charge is 0.261 e. The zero-order valence-electron chi connectivity index (χ0n) is 4.49. The van der Waals surface area contributed by atoms with Gasteiger partial charge in [-0.1, -0.05) is 29.8 Å². The maximum Gasteiger partial charge on any atom is 0.399 e. The molecular weight excluding hydrogens is 163 g/mol. The molecule has 0 aliphatic carbocycles. The first-order valence-corrected chi connectivity index (χ1v) is 6.41. The van der Waals surface area contributed by atoms with E-state index in [4.69, 9.17) is 10.0 Å². The minimum absolute atomic E-state index is 0. The van der Waals surface area contributed by atoms with E-state index in [1.54, 1.807) is 0 Å². The van der Waals surface area contributed by atoms with Gasteiger partial charge in [0.15, 0.2) is 0 Å². The van der Waals surface area contributed by atoms with E-state index in [0.29, 0.717) is 0 Å². The zero-order chi connectivity index (χ0) is 5.11. The van der Waals surface area contributed by atoms with E-state index in [1.807, 2.05) is 0 Å². The number of halogens is 1. The van der Waals surface area contributed by atoms with Crippen LogP contribution >= 0.6 is 10.0 Å². The van der Waals surface area contributed by atoms with E-state index in [0.717, 1.165) is 0 Å². The molecule has 0 spiro atoms. The van der Waals surface area contributed by atoms with Crippen molar-refractivity contribution in [3.05, 3.63) is 0 Å². The second-order valence-corrected chi connectivity index (χ2v) is 6.44. The fraction of sp³-hybridized carbons (Fsp3) is 1.00. The molecule has 1 fully saturated rings. The van der Waals surface area contributed by atoms with Crippen molar-refractivity contribution in [1.29, 1.82) is 0 Å². The van der Waals surface area contributed by atoms with Crippen LogP contribution in [0.4, 0.5) is 0 Å². The molecule has 1 aliphatic rings. The van der Waals surface area contributed by atoms with E-state index in [2.05, 4.69) is 0 Å². The topological polar surface area (TPSA) is 0 Å². The number of rotatable bonds is 0. The summed E-state index contributed by atoms with van der Waals surface area (Å²) in [6.07, 6.45) is 4.27. The van der Waals surface area contributed by atoms with Crippen LogP contribution in [0, 0.1) is 0 Å². The van der Waals surface area contributed by atoms with E-state index in [9.17, 15) is 0 Å². The fourth-order valence-corrected chi connectivity index (χ4v) is 3.73. The quantitative estimate of drug-likeness (QED) is 0.488. The van der Waals surface area contributed by atoms with Crippen LogP contribution in [0.25, 0.3) is 0 Å². The summed E-state index contributed by atoms with van der Waals surface area (Å²) < 4.78 is 0. The Morgan fingerprint density at radius 1 is 1.00 bits per heavy atom. The molecule has 1 saturated heterocycles. The maximum atomic E-state index is 5.96. The Bertz CT molecular complexity index is 54.4. The van der Waals surface area contributed by atoms with Crippen molar-refractivity contribution in [3.63, 3.8) is 0 Å². The first-order chi connectivity index (χ1) is 3.39. The van der Waals surface area contributed by atoms with Crippen LogP contribution in [0.1, 0.15) is 19.3 Å². The van der Waals surface area contributed by atoms with E-state index >= 15 is 0 Å². The molecule has 0 atom stereocenters. The molecule has 1 heterocycles. The van der Waals surface area contributed by atoms with Gasteiger partial charge in [-0.3, -0.25) is 10.0 Å². The van der Waals surface area contributed by atoms with Gasteiger partial charge in [-0.2, -0.15) is 0 Å². The van der Waals surface area contributed by atoms with Crippen LogP contribution in [0.2, 0.25) is 10.6 Å². The van der Waals surface area contributed by atoms with Gasteiger partial charge in [-0.25, -0.2) is 0 Å². The van der Waals surface area contributed by atoms with Crippen molar-refractivity contribution in [2.75, 3.05) is 0 Å². The molecule has 0 saturated carbocycles. The maximum absolute atomic E-state index is 5.96. The van der Waals surface area contributed by atoms with Gasteiger partial charge in [-0.15, -0.1) is 0 Å². The Labute approximate surface area is 89.6 Å². The van der Waals surface area contributed by atoms with Crippen LogP contribution in [0.5, 0.6) is 0 Å². The fourth-order valence-electron chi connectivity index (χ4n) is 1.05. The zero-order valence-corrected chi connectivity index (χ0v) is 6.40. The Morgan fingerprint density at radius 2 is 1.50 bits per heavy atom. The van der Waals surface area contributed by atoms with Crippen LogP contribution in [0.3, 0.4) is 0 Å². The van der Waals surface area contributed by atoms with Crippen molar-refractivity contribution in [3.8, 4) is 0 Å². The van der Waals surface area contributed by atoms with Gasteiger partial charge in [0.2, 0.25) is 0 Å². The molecule has 0 radical (unpaired) electrons. The second kappa shape index (κ2) is 5.84.